The van der Waals surface area contributed by atoms with Gasteiger partial charge in [-0.05, 0) is 25.1 Å². The highest BCUT2D eigenvalue weighted by Crippen LogP contribution is 2.33. The Labute approximate surface area is 119 Å². The monoisotopic (exact) mass is 298 g/mol. The number of nitrogens with one attached hydrogen (secondary N) is 1. The van der Waals surface area contributed by atoms with Crippen molar-refractivity contribution in [1.29, 1.82) is 5.26 Å². The first-order valence-electron chi connectivity index (χ1n) is 5.90. The second-order valence-corrected chi connectivity index (χ2v) is 4.13. The highest BCUT2D eigenvalue weighted by Gasteiger charge is 2.33. The summed E-state index contributed by atoms with van der Waals surface area (Å²) < 4.78 is 42.8. The Bertz CT molecular complexity index is 601. The average Bonchev–Trinajstić information content (AvgIpc) is 2.45. The smallest absolute Gasteiger partial charge is 0.417 e. The Kier molecular flexibility index (Phi) is 5.36. The summed E-state index contributed by atoms with van der Waals surface area (Å²) in [4.78, 5) is 11.1. The minimum atomic E-state index is -4.60. The molecule has 0 radical (unpaired) electrons. The fraction of sp³-hybridized carbons (Fsp3) is 0.286. The third-order valence-corrected chi connectivity index (χ3v) is 2.67. The summed E-state index contributed by atoms with van der Waals surface area (Å²) in [5.74, 6) is -0.507. The number of benzene rings is 1. The van der Waals surface area contributed by atoms with Crippen LogP contribution in [-0.4, -0.2) is 19.6 Å². The topological polar surface area (TPSA) is 62.1 Å². The lowest BCUT2D eigenvalue weighted by molar-refractivity contribution is -0.138. The Morgan fingerprint density at radius 2 is 2.14 bits per heavy atom. The van der Waals surface area contributed by atoms with Crippen LogP contribution in [0, 0.1) is 11.3 Å². The second-order valence-electron chi connectivity index (χ2n) is 4.13. The highest BCUT2D eigenvalue weighted by atomic mass is 19.4. The van der Waals surface area contributed by atoms with Gasteiger partial charge in [-0.1, -0.05) is 6.08 Å². The molecule has 1 aromatic carbocycles. The van der Waals surface area contributed by atoms with Crippen molar-refractivity contribution in [2.24, 2.45) is 0 Å². The minimum Gasteiger partial charge on any atom is -0.466 e. The molecule has 1 N–H and O–H groups in total. The molecule has 4 nitrogen and oxygen atoms in total. The molecule has 21 heavy (non-hydrogen) atoms. The van der Waals surface area contributed by atoms with E-state index in [1.807, 2.05) is 0 Å². The number of halogens is 3. The molecule has 0 heterocycles. The van der Waals surface area contributed by atoms with E-state index in [2.05, 4.69) is 10.1 Å². The summed E-state index contributed by atoms with van der Waals surface area (Å²) in [6, 6.07) is 4.84. The number of carbonyl (C=O) groups is 1. The zero-order valence-electron chi connectivity index (χ0n) is 11.4. The van der Waals surface area contributed by atoms with Crippen LogP contribution in [0.2, 0.25) is 0 Å². The van der Waals surface area contributed by atoms with Crippen LogP contribution in [0.1, 0.15) is 18.1 Å². The van der Waals surface area contributed by atoms with Gasteiger partial charge >= 0.3 is 12.1 Å². The summed E-state index contributed by atoms with van der Waals surface area (Å²) in [7, 11) is 1.24. The molecule has 112 valence electrons. The lowest BCUT2D eigenvalue weighted by Gasteiger charge is -2.11. The van der Waals surface area contributed by atoms with Crippen LogP contribution in [0.5, 0.6) is 0 Å². The third kappa shape index (κ3) is 4.53. The van der Waals surface area contributed by atoms with E-state index < -0.39 is 23.3 Å². The predicted molar refractivity (Wildman–Crippen MR) is 70.4 cm³/mol. The number of esters is 1. The van der Waals surface area contributed by atoms with Gasteiger partial charge in [0.25, 0.3) is 0 Å². The van der Waals surface area contributed by atoms with Gasteiger partial charge in [-0.15, -0.1) is 0 Å². The summed E-state index contributed by atoms with van der Waals surface area (Å²) in [6.07, 6.45) is -3.10. The molecule has 1 rings (SSSR count). The van der Waals surface area contributed by atoms with Gasteiger partial charge in [0.05, 0.1) is 24.3 Å². The standard InChI is InChI=1S/C14H13F3N2O2/c1-9(13(20)21-2)5-6-19-11-4-3-10(8-18)12(7-11)14(15,16)17/h3-5,7,19H,6H2,1-2H3/b9-5+. The van der Waals surface area contributed by atoms with Crippen LogP contribution in [0.15, 0.2) is 29.8 Å². The summed E-state index contributed by atoms with van der Waals surface area (Å²) in [5, 5.41) is 11.4. The molecule has 0 fully saturated rings. The van der Waals surface area contributed by atoms with Crippen LogP contribution in [0.3, 0.4) is 0 Å². The quantitative estimate of drug-likeness (QED) is 0.685. The van der Waals surface area contributed by atoms with Gasteiger partial charge in [-0.2, -0.15) is 18.4 Å². The van der Waals surface area contributed by atoms with E-state index in [0.717, 1.165) is 12.1 Å². The fourth-order valence-corrected chi connectivity index (χ4v) is 1.55. The zero-order valence-corrected chi connectivity index (χ0v) is 11.4. The number of carbonyl (C=O) groups excluding carboxylic acids is 1. The number of methoxy groups -OCH3 is 1. The van der Waals surface area contributed by atoms with E-state index in [9.17, 15) is 18.0 Å². The van der Waals surface area contributed by atoms with Crippen molar-refractivity contribution < 1.29 is 22.7 Å². The van der Waals surface area contributed by atoms with E-state index in [-0.39, 0.29) is 12.2 Å². The first-order chi connectivity index (χ1) is 9.79. The third-order valence-electron chi connectivity index (χ3n) is 2.67. The molecule has 0 spiro atoms. The molecular formula is C14H13F3N2O2. The summed E-state index contributed by atoms with van der Waals surface area (Å²) in [6.45, 7) is 1.69. The highest BCUT2D eigenvalue weighted by molar-refractivity contribution is 5.87. The number of ether oxygens (including phenoxy) is 1. The Morgan fingerprint density at radius 3 is 2.67 bits per heavy atom. The van der Waals surface area contributed by atoms with Crippen LogP contribution in [0.4, 0.5) is 18.9 Å². The number of alkyl halides is 3. The molecule has 0 bridgehead atoms. The minimum absolute atomic E-state index is 0.157. The van der Waals surface area contributed by atoms with E-state index in [1.165, 1.54) is 32.2 Å². The number of nitriles is 1. The molecule has 0 aliphatic carbocycles. The van der Waals surface area contributed by atoms with Crippen LogP contribution in [0.25, 0.3) is 0 Å². The molecule has 0 saturated carbocycles. The van der Waals surface area contributed by atoms with Crippen LogP contribution >= 0.6 is 0 Å². The maximum atomic E-state index is 12.8. The molecule has 0 saturated heterocycles. The first-order valence-corrected chi connectivity index (χ1v) is 5.90. The van der Waals surface area contributed by atoms with Gasteiger partial charge in [-0.25, -0.2) is 4.79 Å². The zero-order chi connectivity index (χ0) is 16.0. The fourth-order valence-electron chi connectivity index (χ4n) is 1.55. The van der Waals surface area contributed by atoms with E-state index in [0.29, 0.717) is 5.57 Å². The maximum Gasteiger partial charge on any atom is 0.417 e. The van der Waals surface area contributed by atoms with Crippen molar-refractivity contribution in [3.05, 3.63) is 41.0 Å². The van der Waals surface area contributed by atoms with Crippen LogP contribution < -0.4 is 5.32 Å². The predicted octanol–water partition coefficient (Wildman–Crippen LogP) is 3.11. The largest absolute Gasteiger partial charge is 0.466 e. The lowest BCUT2D eigenvalue weighted by Crippen LogP contribution is -2.10. The molecule has 0 aromatic heterocycles. The lowest BCUT2D eigenvalue weighted by atomic mass is 10.1. The molecular weight excluding hydrogens is 285 g/mol. The van der Waals surface area contributed by atoms with Crippen molar-refractivity contribution in [2.75, 3.05) is 19.0 Å². The first kappa shape index (κ1) is 16.6. The molecule has 0 aliphatic heterocycles. The van der Waals surface area contributed by atoms with Crippen molar-refractivity contribution in [3.8, 4) is 6.07 Å². The van der Waals surface area contributed by atoms with E-state index in [1.54, 1.807) is 0 Å². The Hall–Kier alpha value is -2.49. The SMILES string of the molecule is COC(=O)/C(C)=C/CNc1ccc(C#N)c(C(F)(F)F)c1. The van der Waals surface area contributed by atoms with Crippen molar-refractivity contribution in [1.82, 2.24) is 0 Å². The summed E-state index contributed by atoms with van der Waals surface area (Å²) >= 11 is 0. The summed E-state index contributed by atoms with van der Waals surface area (Å²) in [5.41, 5.74) is -0.886. The van der Waals surface area contributed by atoms with Gasteiger partial charge in [0, 0.05) is 17.8 Å². The molecule has 7 heteroatoms. The van der Waals surface area contributed by atoms with Gasteiger partial charge < -0.3 is 10.1 Å². The number of anilines is 1. The van der Waals surface area contributed by atoms with Gasteiger partial charge in [0.2, 0.25) is 0 Å². The van der Waals surface area contributed by atoms with Crippen LogP contribution in [-0.2, 0) is 15.7 Å². The Morgan fingerprint density at radius 1 is 1.48 bits per heavy atom. The molecule has 0 amide bonds. The molecule has 1 aromatic rings. The van der Waals surface area contributed by atoms with E-state index in [4.69, 9.17) is 5.26 Å². The second kappa shape index (κ2) is 6.79. The average molecular weight is 298 g/mol. The number of rotatable bonds is 4. The van der Waals surface area contributed by atoms with Gasteiger partial charge in [-0.3, -0.25) is 0 Å². The molecule has 0 aliphatic rings. The number of hydrogen-bond acceptors (Lipinski definition) is 4. The molecule has 0 unspecified atom stereocenters. The van der Waals surface area contributed by atoms with Crippen molar-refractivity contribution in [3.63, 3.8) is 0 Å². The number of nitrogens with zero attached hydrogens (tertiary/aromatic N) is 1. The molecule has 0 atom stereocenters. The van der Waals surface area contributed by atoms with Gasteiger partial charge in [0.15, 0.2) is 0 Å². The van der Waals surface area contributed by atoms with Crippen molar-refractivity contribution in [2.45, 2.75) is 13.1 Å². The normalized spacial score (nSPS) is 11.7. The van der Waals surface area contributed by atoms with E-state index >= 15 is 0 Å². The van der Waals surface area contributed by atoms with Crippen molar-refractivity contribution >= 4 is 11.7 Å². The Balaban J connectivity index is 2.88. The van der Waals surface area contributed by atoms with Gasteiger partial charge in [0.1, 0.15) is 0 Å². The number of hydrogen-bond donors (Lipinski definition) is 1. The maximum absolute atomic E-state index is 12.8.